The van der Waals surface area contributed by atoms with Gasteiger partial charge < -0.3 is 14.5 Å². The van der Waals surface area contributed by atoms with Crippen LogP contribution in [0.25, 0.3) is 11.3 Å². The normalized spacial score (nSPS) is 14.9. The molecule has 6 nitrogen and oxygen atoms in total. The third kappa shape index (κ3) is 4.82. The molecule has 1 amide bonds. The highest BCUT2D eigenvalue weighted by Gasteiger charge is 2.27. The number of carbonyl (C=O) groups is 1. The third-order valence-corrected chi connectivity index (χ3v) is 5.25. The molecule has 0 radical (unpaired) electrons. The average molecular weight is 442 g/mol. The SMILES string of the molecule is CC(Oc1ccc(F)cc1F)C(=O)N1CCN(c2ccc(-c3ccc(F)cc3)nn2)CC1. The van der Waals surface area contributed by atoms with Crippen molar-refractivity contribution in [1.82, 2.24) is 15.1 Å². The first-order valence-corrected chi connectivity index (χ1v) is 10.2. The Hall–Kier alpha value is -3.62. The number of benzene rings is 2. The van der Waals surface area contributed by atoms with Gasteiger partial charge in [-0.1, -0.05) is 0 Å². The van der Waals surface area contributed by atoms with E-state index in [0.717, 1.165) is 11.6 Å². The smallest absolute Gasteiger partial charge is 0.263 e. The van der Waals surface area contributed by atoms with E-state index in [1.165, 1.54) is 25.1 Å². The van der Waals surface area contributed by atoms with Crippen molar-refractivity contribution in [2.45, 2.75) is 13.0 Å². The summed E-state index contributed by atoms with van der Waals surface area (Å²) in [6, 6.07) is 12.7. The molecule has 9 heteroatoms. The largest absolute Gasteiger partial charge is 0.478 e. The molecule has 1 aliphatic rings. The summed E-state index contributed by atoms with van der Waals surface area (Å²) < 4.78 is 45.3. The number of aromatic nitrogens is 2. The molecule has 4 rings (SSSR count). The number of piperazine rings is 1. The molecule has 0 bridgehead atoms. The number of carbonyl (C=O) groups excluding carboxylic acids is 1. The third-order valence-electron chi connectivity index (χ3n) is 5.25. The minimum absolute atomic E-state index is 0.164. The fourth-order valence-corrected chi connectivity index (χ4v) is 3.49. The number of rotatable bonds is 5. The molecule has 2 heterocycles. The molecular weight excluding hydrogens is 421 g/mol. The monoisotopic (exact) mass is 442 g/mol. The van der Waals surface area contributed by atoms with Crippen LogP contribution < -0.4 is 9.64 Å². The van der Waals surface area contributed by atoms with Crippen LogP contribution >= 0.6 is 0 Å². The quantitative estimate of drug-likeness (QED) is 0.604. The summed E-state index contributed by atoms with van der Waals surface area (Å²) >= 11 is 0. The highest BCUT2D eigenvalue weighted by Crippen LogP contribution is 2.22. The molecule has 1 unspecified atom stereocenters. The topological polar surface area (TPSA) is 58.6 Å². The van der Waals surface area contributed by atoms with Crippen molar-refractivity contribution in [3.05, 3.63) is 72.0 Å². The molecule has 2 aromatic carbocycles. The van der Waals surface area contributed by atoms with Gasteiger partial charge in [-0.25, -0.2) is 13.2 Å². The van der Waals surface area contributed by atoms with Crippen LogP contribution in [-0.2, 0) is 4.79 Å². The number of hydrogen-bond acceptors (Lipinski definition) is 5. The summed E-state index contributed by atoms with van der Waals surface area (Å²) in [5, 5.41) is 8.48. The van der Waals surface area contributed by atoms with Crippen LogP contribution in [0.3, 0.4) is 0 Å². The summed E-state index contributed by atoms with van der Waals surface area (Å²) in [6.45, 7) is 3.53. The maximum Gasteiger partial charge on any atom is 0.263 e. The second-order valence-corrected chi connectivity index (χ2v) is 7.43. The van der Waals surface area contributed by atoms with Gasteiger partial charge in [0, 0.05) is 37.8 Å². The second kappa shape index (κ2) is 9.25. The maximum absolute atomic E-state index is 13.8. The van der Waals surface area contributed by atoms with Gasteiger partial charge in [0.05, 0.1) is 5.69 Å². The Balaban J connectivity index is 1.33. The summed E-state index contributed by atoms with van der Waals surface area (Å²) in [5.41, 5.74) is 1.41. The Labute approximate surface area is 183 Å². The fraction of sp³-hybridized carbons (Fsp3) is 0.261. The Morgan fingerprint density at radius 3 is 2.22 bits per heavy atom. The Kier molecular flexibility index (Phi) is 6.25. The summed E-state index contributed by atoms with van der Waals surface area (Å²) in [5.74, 6) is -1.63. The van der Waals surface area contributed by atoms with Gasteiger partial charge in [-0.05, 0) is 55.5 Å². The lowest BCUT2D eigenvalue weighted by molar-refractivity contribution is -0.138. The number of anilines is 1. The molecule has 1 aliphatic heterocycles. The molecule has 3 aromatic rings. The predicted molar refractivity (Wildman–Crippen MR) is 113 cm³/mol. The van der Waals surface area contributed by atoms with Crippen LogP contribution in [0.15, 0.2) is 54.6 Å². The molecule has 0 saturated carbocycles. The van der Waals surface area contributed by atoms with E-state index in [4.69, 9.17) is 4.74 Å². The van der Waals surface area contributed by atoms with Crippen molar-refractivity contribution in [2.75, 3.05) is 31.1 Å². The number of halogens is 3. The van der Waals surface area contributed by atoms with E-state index in [1.807, 2.05) is 17.0 Å². The lowest BCUT2D eigenvalue weighted by atomic mass is 10.1. The Morgan fingerprint density at radius 2 is 1.59 bits per heavy atom. The number of nitrogens with zero attached hydrogens (tertiary/aromatic N) is 4. The van der Waals surface area contributed by atoms with Crippen molar-refractivity contribution >= 4 is 11.7 Å². The van der Waals surface area contributed by atoms with Crippen LogP contribution in [-0.4, -0.2) is 53.3 Å². The van der Waals surface area contributed by atoms with E-state index >= 15 is 0 Å². The molecule has 1 atom stereocenters. The lowest BCUT2D eigenvalue weighted by Gasteiger charge is -2.36. The van der Waals surface area contributed by atoms with E-state index in [2.05, 4.69) is 10.2 Å². The first-order valence-electron chi connectivity index (χ1n) is 10.2. The molecule has 166 valence electrons. The van der Waals surface area contributed by atoms with E-state index in [9.17, 15) is 18.0 Å². The number of hydrogen-bond donors (Lipinski definition) is 0. The summed E-state index contributed by atoms with van der Waals surface area (Å²) in [4.78, 5) is 16.3. The maximum atomic E-state index is 13.8. The molecule has 0 aliphatic carbocycles. The van der Waals surface area contributed by atoms with Crippen LogP contribution in [0, 0.1) is 17.5 Å². The molecule has 1 saturated heterocycles. The molecular formula is C23H21F3N4O2. The van der Waals surface area contributed by atoms with Gasteiger partial charge in [0.2, 0.25) is 0 Å². The van der Waals surface area contributed by atoms with Gasteiger partial charge in [-0.15, -0.1) is 10.2 Å². The van der Waals surface area contributed by atoms with Gasteiger partial charge in [-0.3, -0.25) is 4.79 Å². The summed E-state index contributed by atoms with van der Waals surface area (Å²) in [6.07, 6.45) is -0.906. The van der Waals surface area contributed by atoms with E-state index in [-0.39, 0.29) is 17.5 Å². The van der Waals surface area contributed by atoms with Crippen LogP contribution in [0.5, 0.6) is 5.75 Å². The van der Waals surface area contributed by atoms with Crippen molar-refractivity contribution < 1.29 is 22.7 Å². The molecule has 0 spiro atoms. The van der Waals surface area contributed by atoms with Gasteiger partial charge in [0.1, 0.15) is 11.6 Å². The van der Waals surface area contributed by atoms with E-state index in [1.54, 1.807) is 17.0 Å². The van der Waals surface area contributed by atoms with Gasteiger partial charge in [0.25, 0.3) is 5.91 Å². The van der Waals surface area contributed by atoms with Crippen LogP contribution in [0.1, 0.15) is 6.92 Å². The summed E-state index contributed by atoms with van der Waals surface area (Å²) in [7, 11) is 0. The lowest BCUT2D eigenvalue weighted by Crippen LogP contribution is -2.52. The first kappa shape index (κ1) is 21.6. The van der Waals surface area contributed by atoms with Crippen molar-refractivity contribution in [1.29, 1.82) is 0 Å². The van der Waals surface area contributed by atoms with Crippen molar-refractivity contribution in [3.8, 4) is 17.0 Å². The minimum Gasteiger partial charge on any atom is -0.478 e. The molecule has 1 aromatic heterocycles. The highest BCUT2D eigenvalue weighted by molar-refractivity contribution is 5.81. The van der Waals surface area contributed by atoms with Gasteiger partial charge >= 0.3 is 0 Å². The molecule has 0 N–H and O–H groups in total. The van der Waals surface area contributed by atoms with Gasteiger partial charge in [-0.2, -0.15) is 0 Å². The molecule has 1 fully saturated rings. The van der Waals surface area contributed by atoms with Crippen molar-refractivity contribution in [3.63, 3.8) is 0 Å². The van der Waals surface area contributed by atoms with Gasteiger partial charge in [0.15, 0.2) is 23.5 Å². The molecule has 32 heavy (non-hydrogen) atoms. The van der Waals surface area contributed by atoms with E-state index < -0.39 is 17.7 Å². The van der Waals surface area contributed by atoms with Crippen LogP contribution in [0.4, 0.5) is 19.0 Å². The zero-order chi connectivity index (χ0) is 22.7. The Morgan fingerprint density at radius 1 is 0.906 bits per heavy atom. The van der Waals surface area contributed by atoms with Crippen LogP contribution in [0.2, 0.25) is 0 Å². The predicted octanol–water partition coefficient (Wildman–Crippen LogP) is 3.68. The zero-order valence-electron chi connectivity index (χ0n) is 17.3. The van der Waals surface area contributed by atoms with Crippen molar-refractivity contribution in [2.24, 2.45) is 0 Å². The second-order valence-electron chi connectivity index (χ2n) is 7.43. The minimum atomic E-state index is -0.906. The highest BCUT2D eigenvalue weighted by atomic mass is 19.1. The van der Waals surface area contributed by atoms with E-state index in [0.29, 0.717) is 43.8 Å². The fourth-order valence-electron chi connectivity index (χ4n) is 3.49. The average Bonchev–Trinajstić information content (AvgIpc) is 2.81. The number of ether oxygens (including phenoxy) is 1. The first-order chi connectivity index (χ1) is 15.4. The zero-order valence-corrected chi connectivity index (χ0v) is 17.3. The standard InChI is InChI=1S/C23H21F3N4O2/c1-15(32-21-8-6-18(25)14-19(21)26)23(31)30-12-10-29(11-13-30)22-9-7-20(27-28-22)16-2-4-17(24)5-3-16/h2-9,14-15H,10-13H2,1H3. The number of amides is 1. The Bertz CT molecular complexity index is 1090.